The molecule has 1 aliphatic heterocycles. The maximum atomic E-state index is 14.7. The van der Waals surface area contributed by atoms with Gasteiger partial charge in [-0.3, -0.25) is 9.69 Å². The summed E-state index contributed by atoms with van der Waals surface area (Å²) in [4.78, 5) is 14.0. The molecule has 3 nitrogen and oxygen atoms in total. The van der Waals surface area contributed by atoms with Gasteiger partial charge in [-0.25, -0.2) is 8.78 Å². The summed E-state index contributed by atoms with van der Waals surface area (Å²) in [5, 5.41) is 0. The standard InChI is InChI=1S/C28H27F2NO2.C2H6/c1-18(32)23-13-24(20-11-12-20)27(14-26(23)30)33-17-19-15-31(16-19)28(21-7-3-2-4-8-21)22-9-5-6-10-25(22)29;1-2/h2-10,13-14,19-20,28H,11-12,15-17H2,1H3;1-2H3/t28-;/m1./s1. The highest BCUT2D eigenvalue weighted by Gasteiger charge is 2.36. The zero-order valence-electron chi connectivity index (χ0n) is 20.6. The molecule has 2 fully saturated rings. The summed E-state index contributed by atoms with van der Waals surface area (Å²) in [6.07, 6.45) is 2.08. The van der Waals surface area contributed by atoms with Crippen LogP contribution in [0.1, 0.15) is 72.6 Å². The Hall–Kier alpha value is -3.05. The molecule has 0 N–H and O–H groups in total. The molecule has 1 saturated carbocycles. The predicted octanol–water partition coefficient (Wildman–Crippen LogP) is 7.17. The largest absolute Gasteiger partial charge is 0.493 e. The highest BCUT2D eigenvalue weighted by Crippen LogP contribution is 2.45. The molecule has 35 heavy (non-hydrogen) atoms. The first-order valence-electron chi connectivity index (χ1n) is 12.5. The first kappa shape index (κ1) is 25.1. The van der Waals surface area contributed by atoms with Gasteiger partial charge in [0.05, 0.1) is 18.2 Å². The van der Waals surface area contributed by atoms with Crippen LogP contribution in [0.25, 0.3) is 0 Å². The normalized spacial score (nSPS) is 16.6. The Labute approximate surface area is 206 Å². The second-order valence-electron chi connectivity index (χ2n) is 9.17. The van der Waals surface area contributed by atoms with Gasteiger partial charge in [-0.05, 0) is 48.9 Å². The summed E-state index contributed by atoms with van der Waals surface area (Å²) in [5.74, 6) is 0.163. The molecule has 5 heteroatoms. The predicted molar refractivity (Wildman–Crippen MR) is 135 cm³/mol. The number of carbonyl (C=O) groups is 1. The average Bonchev–Trinajstić information content (AvgIpc) is 3.68. The number of halogens is 2. The molecule has 1 saturated heterocycles. The van der Waals surface area contributed by atoms with E-state index in [9.17, 15) is 13.6 Å². The first-order valence-corrected chi connectivity index (χ1v) is 12.5. The molecule has 1 aliphatic carbocycles. The van der Waals surface area contributed by atoms with Crippen molar-refractivity contribution < 1.29 is 18.3 Å². The second kappa shape index (κ2) is 11.1. The van der Waals surface area contributed by atoms with Crippen molar-refractivity contribution in [2.24, 2.45) is 5.92 Å². The first-order chi connectivity index (χ1) is 17.0. The van der Waals surface area contributed by atoms with Crippen molar-refractivity contribution in [3.8, 4) is 5.75 Å². The van der Waals surface area contributed by atoms with Crippen LogP contribution in [0.3, 0.4) is 0 Å². The van der Waals surface area contributed by atoms with Crippen LogP contribution in [0.4, 0.5) is 8.78 Å². The van der Waals surface area contributed by atoms with Gasteiger partial charge in [0.1, 0.15) is 17.4 Å². The van der Waals surface area contributed by atoms with Crippen LogP contribution in [0.5, 0.6) is 5.75 Å². The molecule has 0 radical (unpaired) electrons. The van der Waals surface area contributed by atoms with E-state index in [2.05, 4.69) is 4.90 Å². The highest BCUT2D eigenvalue weighted by molar-refractivity contribution is 5.94. The monoisotopic (exact) mass is 477 g/mol. The summed E-state index contributed by atoms with van der Waals surface area (Å²) in [7, 11) is 0. The molecule has 3 aromatic rings. The van der Waals surface area contributed by atoms with Gasteiger partial charge >= 0.3 is 0 Å². The van der Waals surface area contributed by atoms with E-state index in [0.29, 0.717) is 23.8 Å². The van der Waals surface area contributed by atoms with Crippen LogP contribution in [-0.4, -0.2) is 30.4 Å². The Kier molecular flexibility index (Phi) is 7.97. The van der Waals surface area contributed by atoms with E-state index >= 15 is 0 Å². The van der Waals surface area contributed by atoms with E-state index in [0.717, 1.165) is 37.1 Å². The van der Waals surface area contributed by atoms with E-state index in [1.165, 1.54) is 19.1 Å². The van der Waals surface area contributed by atoms with Crippen LogP contribution < -0.4 is 4.74 Å². The molecule has 0 amide bonds. The van der Waals surface area contributed by atoms with E-state index < -0.39 is 5.82 Å². The highest BCUT2D eigenvalue weighted by atomic mass is 19.1. The molecule has 0 aromatic heterocycles. The number of hydrogen-bond donors (Lipinski definition) is 0. The minimum Gasteiger partial charge on any atom is -0.493 e. The lowest BCUT2D eigenvalue weighted by molar-refractivity contribution is 0.0365. The van der Waals surface area contributed by atoms with E-state index in [1.54, 1.807) is 12.1 Å². The lowest BCUT2D eigenvalue weighted by Crippen LogP contribution is -2.51. The second-order valence-corrected chi connectivity index (χ2v) is 9.17. The van der Waals surface area contributed by atoms with Crippen molar-refractivity contribution in [2.45, 2.75) is 45.6 Å². The minimum absolute atomic E-state index is 0.134. The summed E-state index contributed by atoms with van der Waals surface area (Å²) in [6, 6.07) is 19.8. The Morgan fingerprint density at radius 1 is 0.971 bits per heavy atom. The number of Topliss-reactive ketones (excluding diaryl/α,β-unsaturated/α-hetero) is 1. The van der Waals surface area contributed by atoms with Gasteiger partial charge in [-0.15, -0.1) is 0 Å². The third kappa shape index (κ3) is 5.62. The fraction of sp³-hybridized carbons (Fsp3) is 0.367. The van der Waals surface area contributed by atoms with Crippen LogP contribution in [0, 0.1) is 17.6 Å². The molecule has 184 valence electrons. The topological polar surface area (TPSA) is 29.5 Å². The van der Waals surface area contributed by atoms with Gasteiger partial charge in [0.2, 0.25) is 0 Å². The van der Waals surface area contributed by atoms with E-state index in [4.69, 9.17) is 4.74 Å². The van der Waals surface area contributed by atoms with Crippen molar-refractivity contribution in [3.05, 3.63) is 101 Å². The molecule has 0 spiro atoms. The SMILES string of the molecule is CC.CC(=O)c1cc(C2CC2)c(OCC2CN([C@H](c3ccccc3)c3ccccc3F)C2)cc1F. The summed E-state index contributed by atoms with van der Waals surface area (Å²) in [5.41, 5.74) is 2.79. The van der Waals surface area contributed by atoms with Crippen molar-refractivity contribution in [1.82, 2.24) is 4.90 Å². The van der Waals surface area contributed by atoms with Gasteiger partial charge in [0, 0.05) is 30.6 Å². The quantitative estimate of drug-likeness (QED) is 0.322. The third-order valence-corrected chi connectivity index (χ3v) is 6.64. The molecule has 2 aliphatic rings. The lowest BCUT2D eigenvalue weighted by atomic mass is 9.90. The fourth-order valence-corrected chi connectivity index (χ4v) is 4.73. The zero-order chi connectivity index (χ0) is 24.9. The molecular weight excluding hydrogens is 444 g/mol. The van der Waals surface area contributed by atoms with Crippen molar-refractivity contribution in [1.29, 1.82) is 0 Å². The molecular formula is C30H33F2NO2. The fourth-order valence-electron chi connectivity index (χ4n) is 4.73. The Morgan fingerprint density at radius 3 is 2.26 bits per heavy atom. The number of ketones is 1. The van der Waals surface area contributed by atoms with Gasteiger partial charge in [0.15, 0.2) is 5.78 Å². The molecule has 3 aromatic carbocycles. The summed E-state index contributed by atoms with van der Waals surface area (Å²) in [6.45, 7) is 7.38. The van der Waals surface area contributed by atoms with Gasteiger partial charge < -0.3 is 4.74 Å². The molecule has 1 heterocycles. The summed E-state index contributed by atoms with van der Waals surface area (Å²) >= 11 is 0. The van der Waals surface area contributed by atoms with Crippen LogP contribution in [0.2, 0.25) is 0 Å². The van der Waals surface area contributed by atoms with Gasteiger partial charge in [0.25, 0.3) is 0 Å². The lowest BCUT2D eigenvalue weighted by Gasteiger charge is -2.44. The average molecular weight is 478 g/mol. The number of hydrogen-bond acceptors (Lipinski definition) is 3. The molecule has 5 rings (SSSR count). The van der Waals surface area contributed by atoms with Crippen molar-refractivity contribution >= 4 is 5.78 Å². The number of rotatable bonds is 8. The Balaban J connectivity index is 0.00000141. The molecule has 0 bridgehead atoms. The third-order valence-electron chi connectivity index (χ3n) is 6.64. The molecule has 1 atom stereocenters. The minimum atomic E-state index is -0.527. The number of nitrogens with zero attached hydrogens (tertiary/aromatic N) is 1. The van der Waals surface area contributed by atoms with Gasteiger partial charge in [-0.2, -0.15) is 0 Å². The number of carbonyl (C=O) groups excluding carboxylic acids is 1. The van der Waals surface area contributed by atoms with Crippen LogP contribution >= 0.6 is 0 Å². The molecule has 0 unspecified atom stereocenters. The smallest absolute Gasteiger partial charge is 0.162 e. The van der Waals surface area contributed by atoms with Gasteiger partial charge in [-0.1, -0.05) is 62.4 Å². The Morgan fingerprint density at radius 2 is 1.63 bits per heavy atom. The number of likely N-dealkylation sites (tertiary alicyclic amines) is 1. The number of ether oxygens (including phenoxy) is 1. The number of benzene rings is 3. The van der Waals surface area contributed by atoms with Crippen molar-refractivity contribution in [2.75, 3.05) is 19.7 Å². The summed E-state index contributed by atoms with van der Waals surface area (Å²) < 4.78 is 35.1. The maximum absolute atomic E-state index is 14.7. The van der Waals surface area contributed by atoms with Crippen molar-refractivity contribution in [3.63, 3.8) is 0 Å². The Bertz CT molecular complexity index is 1150. The zero-order valence-corrected chi connectivity index (χ0v) is 20.6. The van der Waals surface area contributed by atoms with Crippen LogP contribution in [0.15, 0.2) is 66.7 Å². The maximum Gasteiger partial charge on any atom is 0.162 e. The van der Waals surface area contributed by atoms with E-state index in [-0.39, 0.29) is 29.1 Å². The van der Waals surface area contributed by atoms with Crippen LogP contribution in [-0.2, 0) is 0 Å². The van der Waals surface area contributed by atoms with E-state index in [1.807, 2.05) is 56.3 Å².